The molecule has 1 atom stereocenters. The first-order valence-electron chi connectivity index (χ1n) is 15.8. The van der Waals surface area contributed by atoms with Crippen molar-refractivity contribution in [2.75, 3.05) is 6.61 Å². The van der Waals surface area contributed by atoms with Crippen LogP contribution >= 0.6 is 23.2 Å². The number of carbonyl (C=O) groups is 3. The molecule has 272 valence electrons. The van der Waals surface area contributed by atoms with Crippen LogP contribution in [-0.4, -0.2) is 52.2 Å². The average Bonchev–Trinajstić information content (AvgIpc) is 3.07. The second-order valence-electron chi connectivity index (χ2n) is 11.2. The molecule has 0 saturated heterocycles. The fourth-order valence-electron chi connectivity index (χ4n) is 4.73. The van der Waals surface area contributed by atoms with Gasteiger partial charge in [0.05, 0.1) is 12.2 Å². The number of rotatable bonds is 15. The summed E-state index contributed by atoms with van der Waals surface area (Å²) in [5, 5.41) is 30.4. The average molecular weight is 751 g/mol. The standard InChI is InChI=1S/C30H31ClF3NO5.C7H5ClO3/c1-2-3-4-5-6-17-39-27-16-13-23(31)19-25(27)28(36)35-26(29(37)38)18-20-7-9-21(10-8-20)22-11-14-24(15-12-22)40-30(32,33)34;8-4-1-2-6(9)5(3-4)7(10)11/h7-16,19,26H,2-6,17-18H2,1H3,(H,35,36)(H,37,38);1-3,9H,(H,10,11)/t26-;/m0./s1. The number of carboxylic acid groups (broad SMARTS) is 2. The lowest BCUT2D eigenvalue weighted by Gasteiger charge is -2.17. The van der Waals surface area contributed by atoms with Gasteiger partial charge in [-0.1, -0.05) is 92.2 Å². The molecule has 0 aromatic heterocycles. The largest absolute Gasteiger partial charge is 0.573 e. The number of hydrogen-bond acceptors (Lipinski definition) is 6. The van der Waals surface area contributed by atoms with Gasteiger partial charge in [0.15, 0.2) is 0 Å². The molecule has 0 saturated carbocycles. The number of carbonyl (C=O) groups excluding carboxylic acids is 1. The number of aromatic carboxylic acids is 1. The summed E-state index contributed by atoms with van der Waals surface area (Å²) >= 11 is 11.6. The molecule has 0 aliphatic heterocycles. The molecule has 0 heterocycles. The first-order chi connectivity index (χ1) is 24.2. The van der Waals surface area contributed by atoms with Crippen LogP contribution in [-0.2, 0) is 11.2 Å². The Morgan fingerprint density at radius 2 is 1.35 bits per heavy atom. The van der Waals surface area contributed by atoms with Crippen LogP contribution in [0.15, 0.2) is 84.9 Å². The SMILES string of the molecule is CCCCCCCOc1ccc(Cl)cc1C(=O)N[C@@H](Cc1ccc(-c2ccc(OC(F)(F)F)cc2)cc1)C(=O)O.O=C(O)c1cc(Cl)ccc1O. The number of alkyl halides is 3. The van der Waals surface area contributed by atoms with E-state index in [2.05, 4.69) is 17.0 Å². The molecule has 4 aromatic rings. The van der Waals surface area contributed by atoms with Crippen molar-refractivity contribution in [3.8, 4) is 28.4 Å². The van der Waals surface area contributed by atoms with E-state index in [1.807, 2.05) is 0 Å². The number of benzene rings is 4. The van der Waals surface area contributed by atoms with E-state index in [-0.39, 0.29) is 29.0 Å². The molecular formula is C37H36Cl2F3NO8. The molecule has 9 nitrogen and oxygen atoms in total. The van der Waals surface area contributed by atoms with Gasteiger partial charge >= 0.3 is 18.3 Å². The number of aromatic hydroxyl groups is 1. The topological polar surface area (TPSA) is 142 Å². The van der Waals surface area contributed by atoms with Crippen LogP contribution < -0.4 is 14.8 Å². The van der Waals surface area contributed by atoms with Gasteiger partial charge in [-0.2, -0.15) is 0 Å². The van der Waals surface area contributed by atoms with Crippen LogP contribution in [0.5, 0.6) is 17.2 Å². The molecular weight excluding hydrogens is 714 g/mol. The zero-order valence-electron chi connectivity index (χ0n) is 27.4. The lowest BCUT2D eigenvalue weighted by molar-refractivity contribution is -0.274. The van der Waals surface area contributed by atoms with Crippen molar-refractivity contribution in [2.45, 2.75) is 57.9 Å². The van der Waals surface area contributed by atoms with E-state index in [1.54, 1.807) is 36.4 Å². The van der Waals surface area contributed by atoms with Crippen molar-refractivity contribution in [1.82, 2.24) is 5.32 Å². The number of hydrogen-bond donors (Lipinski definition) is 4. The summed E-state index contributed by atoms with van der Waals surface area (Å²) in [6, 6.07) is 19.5. The van der Waals surface area contributed by atoms with Crippen molar-refractivity contribution in [2.24, 2.45) is 0 Å². The van der Waals surface area contributed by atoms with Gasteiger partial charge < -0.3 is 30.1 Å². The molecule has 0 radical (unpaired) electrons. The molecule has 51 heavy (non-hydrogen) atoms. The van der Waals surface area contributed by atoms with Crippen molar-refractivity contribution in [1.29, 1.82) is 0 Å². The normalized spacial score (nSPS) is 11.5. The van der Waals surface area contributed by atoms with Gasteiger partial charge in [0, 0.05) is 16.5 Å². The second-order valence-corrected chi connectivity index (χ2v) is 12.1. The fourth-order valence-corrected chi connectivity index (χ4v) is 5.07. The Hall–Kier alpha value is -4.94. The Balaban J connectivity index is 0.000000542. The van der Waals surface area contributed by atoms with E-state index in [4.69, 9.17) is 38.2 Å². The highest BCUT2D eigenvalue weighted by atomic mass is 35.5. The molecule has 0 spiro atoms. The van der Waals surface area contributed by atoms with E-state index in [1.165, 1.54) is 48.5 Å². The number of phenols is 1. The second kappa shape index (κ2) is 19.5. The van der Waals surface area contributed by atoms with Crippen LogP contribution in [0.3, 0.4) is 0 Å². The summed E-state index contributed by atoms with van der Waals surface area (Å²) in [6.45, 7) is 2.57. The van der Waals surface area contributed by atoms with E-state index in [0.29, 0.717) is 39.1 Å². The molecule has 14 heteroatoms. The predicted octanol–water partition coefficient (Wildman–Crippen LogP) is 9.42. The molecule has 4 rings (SSSR count). The quantitative estimate of drug-likeness (QED) is 0.0881. The Bertz CT molecular complexity index is 1770. The maximum absolute atomic E-state index is 13.1. The monoisotopic (exact) mass is 749 g/mol. The number of halogens is 5. The highest BCUT2D eigenvalue weighted by Gasteiger charge is 2.31. The van der Waals surface area contributed by atoms with Gasteiger partial charge in [0.1, 0.15) is 28.9 Å². The first-order valence-corrected chi connectivity index (χ1v) is 16.6. The molecule has 1 amide bonds. The number of ether oxygens (including phenoxy) is 2. The molecule has 0 fully saturated rings. The molecule has 0 aliphatic carbocycles. The maximum atomic E-state index is 13.1. The summed E-state index contributed by atoms with van der Waals surface area (Å²) in [4.78, 5) is 35.4. The van der Waals surface area contributed by atoms with Gasteiger partial charge in [-0.05, 0) is 71.6 Å². The van der Waals surface area contributed by atoms with Gasteiger partial charge in [-0.25, -0.2) is 9.59 Å². The van der Waals surface area contributed by atoms with Gasteiger partial charge in [0.25, 0.3) is 5.91 Å². The Kier molecular flexibility index (Phi) is 15.4. The third-order valence-electron chi connectivity index (χ3n) is 7.30. The zero-order chi connectivity index (χ0) is 37.6. The lowest BCUT2D eigenvalue weighted by Crippen LogP contribution is -2.42. The zero-order valence-corrected chi connectivity index (χ0v) is 28.9. The van der Waals surface area contributed by atoms with Crippen LogP contribution in [0.1, 0.15) is 65.3 Å². The molecule has 0 unspecified atom stereocenters. The van der Waals surface area contributed by atoms with Crippen LogP contribution in [0, 0.1) is 0 Å². The Morgan fingerprint density at radius 3 is 1.90 bits per heavy atom. The summed E-state index contributed by atoms with van der Waals surface area (Å²) in [6.07, 6.45) is 0.487. The lowest BCUT2D eigenvalue weighted by atomic mass is 10.0. The van der Waals surface area contributed by atoms with Gasteiger partial charge in [0.2, 0.25) is 0 Å². The number of amides is 1. The maximum Gasteiger partial charge on any atom is 0.573 e. The molecule has 4 aromatic carbocycles. The summed E-state index contributed by atoms with van der Waals surface area (Å²) in [7, 11) is 0. The van der Waals surface area contributed by atoms with Crippen LogP contribution in [0.2, 0.25) is 10.0 Å². The molecule has 0 bridgehead atoms. The summed E-state index contributed by atoms with van der Waals surface area (Å²) in [5.74, 6) is -3.29. The van der Waals surface area contributed by atoms with Crippen molar-refractivity contribution >= 4 is 41.0 Å². The third-order valence-corrected chi connectivity index (χ3v) is 7.77. The van der Waals surface area contributed by atoms with Crippen LogP contribution in [0.4, 0.5) is 13.2 Å². The van der Waals surface area contributed by atoms with E-state index in [0.717, 1.165) is 32.1 Å². The van der Waals surface area contributed by atoms with Gasteiger partial charge in [-0.3, -0.25) is 4.79 Å². The predicted molar refractivity (Wildman–Crippen MR) is 187 cm³/mol. The first kappa shape index (κ1) is 40.5. The van der Waals surface area contributed by atoms with Crippen LogP contribution in [0.25, 0.3) is 11.1 Å². The number of nitrogens with one attached hydrogen (secondary N) is 1. The molecule has 0 aliphatic rings. The summed E-state index contributed by atoms with van der Waals surface area (Å²) < 4.78 is 46.8. The van der Waals surface area contributed by atoms with Crippen molar-refractivity contribution < 1.29 is 52.3 Å². The Labute approximate surface area is 302 Å². The third kappa shape index (κ3) is 13.7. The van der Waals surface area contributed by atoms with Crippen molar-refractivity contribution in [3.05, 3.63) is 112 Å². The minimum absolute atomic E-state index is 0.00784. The Morgan fingerprint density at radius 1 is 0.784 bits per heavy atom. The van der Waals surface area contributed by atoms with E-state index in [9.17, 15) is 32.7 Å². The van der Waals surface area contributed by atoms with Crippen molar-refractivity contribution in [3.63, 3.8) is 0 Å². The van der Waals surface area contributed by atoms with Gasteiger partial charge in [-0.15, -0.1) is 13.2 Å². The minimum Gasteiger partial charge on any atom is -0.507 e. The smallest absolute Gasteiger partial charge is 0.507 e. The summed E-state index contributed by atoms with van der Waals surface area (Å²) in [5.41, 5.74) is 1.98. The number of aliphatic carboxylic acids is 1. The van der Waals surface area contributed by atoms with E-state index >= 15 is 0 Å². The molecule has 4 N–H and O–H groups in total. The highest BCUT2D eigenvalue weighted by Crippen LogP contribution is 2.28. The highest BCUT2D eigenvalue weighted by molar-refractivity contribution is 6.31. The van der Waals surface area contributed by atoms with E-state index < -0.39 is 30.2 Å². The number of carboxylic acids is 2. The minimum atomic E-state index is -4.77. The fraction of sp³-hybridized carbons (Fsp3) is 0.270. The number of unbranched alkanes of at least 4 members (excludes halogenated alkanes) is 4.